The number of fused-ring (bicyclic) bond motifs is 6. The second kappa shape index (κ2) is 14.4. The van der Waals surface area contributed by atoms with Crippen LogP contribution >= 0.6 is 23.4 Å². The molecule has 0 atom stereocenters. The number of esters is 1. The highest BCUT2D eigenvalue weighted by Gasteiger charge is 2.28. The molecule has 4 aromatic rings. The van der Waals surface area contributed by atoms with Gasteiger partial charge in [-0.05, 0) is 100 Å². The van der Waals surface area contributed by atoms with E-state index < -0.39 is 0 Å². The molecule has 9 nitrogen and oxygen atoms in total. The zero-order valence-electron chi connectivity index (χ0n) is 28.8. The molecule has 2 N–H and O–H groups in total. The first-order valence-electron chi connectivity index (χ1n) is 16.5. The monoisotopic (exact) mass is 688 g/mol. The third-order valence-corrected chi connectivity index (χ3v) is 10.9. The highest BCUT2D eigenvalue weighted by Crippen LogP contribution is 2.43. The van der Waals surface area contributed by atoms with Crippen molar-refractivity contribution in [3.05, 3.63) is 74.8 Å². The van der Waals surface area contributed by atoms with E-state index in [4.69, 9.17) is 31.9 Å². The van der Waals surface area contributed by atoms with Gasteiger partial charge < -0.3 is 19.8 Å². The molecule has 0 amide bonds. The van der Waals surface area contributed by atoms with Gasteiger partial charge in [-0.2, -0.15) is 5.10 Å². The number of benzene rings is 2. The molecule has 0 fully saturated rings. The summed E-state index contributed by atoms with van der Waals surface area (Å²) >= 11 is 8.82. The molecule has 0 radical (unpaired) electrons. The number of halogens is 1. The van der Waals surface area contributed by atoms with Crippen molar-refractivity contribution in [2.75, 3.05) is 40.1 Å². The number of likely N-dealkylation sites (N-methyl/N-ethyl adjacent to an activating group) is 1. The quantitative estimate of drug-likeness (QED) is 0.217. The maximum atomic E-state index is 13.3. The number of ether oxygens (including phenoxy) is 2. The first kappa shape index (κ1) is 34.1. The minimum absolute atomic E-state index is 0.375. The van der Waals surface area contributed by atoms with Crippen molar-refractivity contribution >= 4 is 45.9 Å². The van der Waals surface area contributed by atoms with Crippen LogP contribution in [0.3, 0.4) is 0 Å². The normalized spacial score (nSPS) is 17.4. The van der Waals surface area contributed by atoms with E-state index in [-0.39, 0.29) is 5.97 Å². The number of carbonyl (C=O) groups is 1. The molecule has 254 valence electrons. The van der Waals surface area contributed by atoms with Gasteiger partial charge >= 0.3 is 5.97 Å². The van der Waals surface area contributed by atoms with Gasteiger partial charge in [0.05, 0.1) is 19.4 Å². The standard InChI is InChI=1S/C37H45ClN6O3S/c1-22-33-31-13-12-29(38)35(33)34-23(2)43(5)41-30(34)20-42(4)19-25(39)17-26(40-3)21-48-27-16-24-10-7-8-11-28(24)32(18-27)47-15-9-14-44(31)36(22)37(45)46-6/h12-13,16-18H,7-11,14-15,19-21,39H2,1-6H3. The van der Waals surface area contributed by atoms with Crippen molar-refractivity contribution in [1.29, 1.82) is 0 Å². The Morgan fingerprint density at radius 3 is 2.67 bits per heavy atom. The van der Waals surface area contributed by atoms with Crippen LogP contribution in [0, 0.1) is 13.8 Å². The van der Waals surface area contributed by atoms with E-state index in [1.165, 1.54) is 36.0 Å². The minimum Gasteiger partial charge on any atom is -0.493 e. The highest BCUT2D eigenvalue weighted by molar-refractivity contribution is 8.00. The van der Waals surface area contributed by atoms with E-state index in [0.717, 1.165) is 69.0 Å². The Bertz CT molecular complexity index is 1940. The van der Waals surface area contributed by atoms with Gasteiger partial charge in [-0.1, -0.05) is 11.6 Å². The van der Waals surface area contributed by atoms with E-state index in [2.05, 4.69) is 33.5 Å². The molecule has 0 spiro atoms. The van der Waals surface area contributed by atoms with Gasteiger partial charge in [0, 0.05) is 88.5 Å². The molecular formula is C37H45ClN6O3S. The lowest BCUT2D eigenvalue weighted by atomic mass is 9.91. The molecular weight excluding hydrogens is 644 g/mol. The summed E-state index contributed by atoms with van der Waals surface area (Å²) in [6, 6.07) is 8.43. The maximum absolute atomic E-state index is 13.3. The zero-order valence-corrected chi connectivity index (χ0v) is 30.4. The minimum atomic E-state index is -0.375. The van der Waals surface area contributed by atoms with Crippen molar-refractivity contribution in [3.8, 4) is 16.9 Å². The van der Waals surface area contributed by atoms with Crippen LogP contribution in [-0.4, -0.2) is 71.0 Å². The van der Waals surface area contributed by atoms with Gasteiger partial charge in [0.25, 0.3) is 0 Å². The smallest absolute Gasteiger partial charge is 0.354 e. The molecule has 48 heavy (non-hydrogen) atoms. The lowest BCUT2D eigenvalue weighted by molar-refractivity contribution is 0.0587. The molecule has 2 aromatic heterocycles. The van der Waals surface area contributed by atoms with Crippen molar-refractivity contribution in [2.45, 2.75) is 63.9 Å². The zero-order chi connectivity index (χ0) is 34.1. The van der Waals surface area contributed by atoms with Crippen LogP contribution in [0.15, 0.2) is 45.9 Å². The summed E-state index contributed by atoms with van der Waals surface area (Å²) in [7, 11) is 7.23. The van der Waals surface area contributed by atoms with Crippen LogP contribution in [-0.2, 0) is 37.7 Å². The Labute approximate surface area is 292 Å². The van der Waals surface area contributed by atoms with Crippen molar-refractivity contribution in [1.82, 2.24) is 19.2 Å². The first-order chi connectivity index (χ1) is 23.1. The number of rotatable bonds is 1. The molecule has 0 saturated heterocycles. The summed E-state index contributed by atoms with van der Waals surface area (Å²) in [6.07, 6.45) is 7.14. The average molecular weight is 689 g/mol. The molecule has 2 aliphatic rings. The Balaban J connectivity index is 1.49. The van der Waals surface area contributed by atoms with Crippen LogP contribution in [0.25, 0.3) is 22.0 Å². The average Bonchev–Trinajstić information content (AvgIpc) is 3.50. The lowest BCUT2D eigenvalue weighted by Crippen LogP contribution is -2.25. The maximum Gasteiger partial charge on any atom is 0.354 e. The van der Waals surface area contributed by atoms with Crippen LogP contribution in [0.4, 0.5) is 0 Å². The number of methoxy groups -OCH3 is 1. The van der Waals surface area contributed by atoms with Crippen LogP contribution in [0.5, 0.6) is 5.75 Å². The predicted molar refractivity (Wildman–Crippen MR) is 196 cm³/mol. The fraction of sp³-hybridized carbons (Fsp3) is 0.432. The second-order valence-corrected chi connectivity index (χ2v) is 14.3. The van der Waals surface area contributed by atoms with E-state index in [9.17, 15) is 4.79 Å². The van der Waals surface area contributed by atoms with Crippen molar-refractivity contribution in [2.24, 2.45) is 17.8 Å². The predicted octanol–water partition coefficient (Wildman–Crippen LogP) is 6.90. The number of nitrogens with zero attached hydrogens (tertiary/aromatic N) is 5. The van der Waals surface area contributed by atoms with E-state index in [1.54, 1.807) is 11.8 Å². The number of hydrogen-bond donors (Lipinski definition) is 1. The van der Waals surface area contributed by atoms with E-state index >= 15 is 0 Å². The molecule has 0 unspecified atom stereocenters. The van der Waals surface area contributed by atoms with Crippen LogP contribution in [0.1, 0.15) is 57.8 Å². The summed E-state index contributed by atoms with van der Waals surface area (Å²) in [5.74, 6) is 1.29. The van der Waals surface area contributed by atoms with Gasteiger partial charge in [-0.25, -0.2) is 4.79 Å². The van der Waals surface area contributed by atoms with Gasteiger partial charge in [-0.3, -0.25) is 14.6 Å². The summed E-state index contributed by atoms with van der Waals surface area (Å²) in [5.41, 5.74) is 17.0. The number of aryl methyl sites for hydroxylation is 4. The Morgan fingerprint density at radius 2 is 1.90 bits per heavy atom. The van der Waals surface area contributed by atoms with Crippen LogP contribution < -0.4 is 10.5 Å². The topological polar surface area (TPSA) is 99.9 Å². The third kappa shape index (κ3) is 6.62. The summed E-state index contributed by atoms with van der Waals surface area (Å²) < 4.78 is 15.8. The summed E-state index contributed by atoms with van der Waals surface area (Å²) in [4.78, 5) is 21.2. The number of thioether (sulfide) groups is 1. The van der Waals surface area contributed by atoms with Gasteiger partial charge in [-0.15, -0.1) is 11.8 Å². The first-order valence-corrected chi connectivity index (χ1v) is 17.9. The Morgan fingerprint density at radius 1 is 1.10 bits per heavy atom. The van der Waals surface area contributed by atoms with Gasteiger partial charge in [0.2, 0.25) is 0 Å². The molecule has 1 aliphatic carbocycles. The molecule has 6 bridgehead atoms. The van der Waals surface area contributed by atoms with E-state index in [0.29, 0.717) is 49.1 Å². The van der Waals surface area contributed by atoms with Crippen LogP contribution in [0.2, 0.25) is 5.02 Å². The number of aromatic nitrogens is 3. The fourth-order valence-corrected chi connectivity index (χ4v) is 8.38. The molecule has 2 aromatic carbocycles. The van der Waals surface area contributed by atoms with E-state index in [1.807, 2.05) is 51.0 Å². The Kier molecular flexibility index (Phi) is 10.2. The molecule has 6 rings (SSSR count). The SMILES string of the molecule is CN=C1C=C(N)CN(C)Cc2nn(C)c(C)c2-c2c(Cl)ccc3c2c(C)c(C(=O)OC)n3CCCOc2cc(cc3c2CCCC3)SC1. The molecule has 1 aliphatic heterocycles. The molecule has 11 heteroatoms. The van der Waals surface area contributed by atoms with Crippen molar-refractivity contribution in [3.63, 3.8) is 0 Å². The summed E-state index contributed by atoms with van der Waals surface area (Å²) in [5, 5.41) is 6.47. The number of aliphatic imine (C=N–C) groups is 1. The molecule has 3 heterocycles. The van der Waals surface area contributed by atoms with Gasteiger partial charge in [0.15, 0.2) is 0 Å². The number of allylic oxidation sites excluding steroid dienone is 1. The fourth-order valence-electron chi connectivity index (χ4n) is 7.19. The molecule has 0 saturated carbocycles. The lowest BCUT2D eigenvalue weighted by Gasteiger charge is -2.21. The largest absolute Gasteiger partial charge is 0.493 e. The van der Waals surface area contributed by atoms with Crippen molar-refractivity contribution < 1.29 is 14.3 Å². The highest BCUT2D eigenvalue weighted by atomic mass is 35.5. The third-order valence-electron chi connectivity index (χ3n) is 9.54. The second-order valence-electron chi connectivity index (χ2n) is 12.8. The number of hydrogen-bond acceptors (Lipinski definition) is 8. The van der Waals surface area contributed by atoms with Gasteiger partial charge in [0.1, 0.15) is 11.4 Å². The number of nitrogens with two attached hydrogens (primary N) is 1. The summed E-state index contributed by atoms with van der Waals surface area (Å²) in [6.45, 7) is 6.21. The Hall–Kier alpha value is -3.73. The number of carbonyl (C=O) groups excluding carboxylic acids is 1.